The second-order valence-corrected chi connectivity index (χ2v) is 3.99. The third-order valence-corrected chi connectivity index (χ3v) is 2.63. The summed E-state index contributed by atoms with van der Waals surface area (Å²) in [4.78, 5) is 6.29. The summed E-state index contributed by atoms with van der Waals surface area (Å²) in [7, 11) is 2.09. The summed E-state index contributed by atoms with van der Waals surface area (Å²) in [5.74, 6) is 0.880. The normalized spacial score (nSPS) is 15.6. The largest absolute Gasteiger partial charge is 0.390 e. The van der Waals surface area contributed by atoms with Crippen molar-refractivity contribution in [2.45, 2.75) is 19.4 Å². The minimum Gasteiger partial charge on any atom is -0.390 e. The zero-order chi connectivity index (χ0) is 9.97. The molecule has 1 aliphatic rings. The van der Waals surface area contributed by atoms with Crippen LogP contribution in [0.1, 0.15) is 18.5 Å². The van der Waals surface area contributed by atoms with Crippen LogP contribution in [0.2, 0.25) is 0 Å². The van der Waals surface area contributed by atoms with Gasteiger partial charge in [-0.15, -0.1) is 0 Å². The molecule has 3 nitrogen and oxygen atoms in total. The van der Waals surface area contributed by atoms with Crippen molar-refractivity contribution in [3.8, 4) is 0 Å². The zero-order valence-electron chi connectivity index (χ0n) is 8.48. The molecule has 0 radical (unpaired) electrons. The van der Waals surface area contributed by atoms with Crippen LogP contribution in [0.5, 0.6) is 0 Å². The minimum absolute atomic E-state index is 0.0190. The fourth-order valence-electron chi connectivity index (χ4n) is 1.58. The number of nitrogens with zero attached hydrogens (tertiary/aromatic N) is 2. The van der Waals surface area contributed by atoms with Crippen LogP contribution in [0, 0.1) is 5.92 Å². The van der Waals surface area contributed by atoms with Crippen LogP contribution in [0.15, 0.2) is 18.3 Å². The molecule has 0 atom stereocenters. The highest BCUT2D eigenvalue weighted by Gasteiger charge is 2.22. The average Bonchev–Trinajstić information content (AvgIpc) is 3.02. The van der Waals surface area contributed by atoms with E-state index in [2.05, 4.69) is 16.9 Å². The van der Waals surface area contributed by atoms with Crippen LogP contribution in [0.4, 0.5) is 5.69 Å². The molecule has 3 heteroatoms. The Labute approximate surface area is 84.4 Å². The van der Waals surface area contributed by atoms with Crippen molar-refractivity contribution in [3.63, 3.8) is 0 Å². The molecule has 1 N–H and O–H groups in total. The number of hydrogen-bond donors (Lipinski definition) is 1. The number of pyridine rings is 1. The van der Waals surface area contributed by atoms with Crippen molar-refractivity contribution < 1.29 is 5.11 Å². The SMILES string of the molecule is CN(CC1CC1)c1ccnc(CO)c1. The van der Waals surface area contributed by atoms with Gasteiger partial charge in [-0.1, -0.05) is 0 Å². The molecule has 1 aromatic rings. The Kier molecular flexibility index (Phi) is 2.68. The van der Waals surface area contributed by atoms with Crippen LogP contribution in [0.25, 0.3) is 0 Å². The molecule has 76 valence electrons. The minimum atomic E-state index is 0.0190. The Morgan fingerprint density at radius 3 is 3.00 bits per heavy atom. The standard InChI is InChI=1S/C11H16N2O/c1-13(7-9-2-3-9)11-4-5-12-10(6-11)8-14/h4-6,9,14H,2-3,7-8H2,1H3. The first-order valence-electron chi connectivity index (χ1n) is 5.06. The van der Waals surface area contributed by atoms with E-state index in [1.54, 1.807) is 6.20 Å². The topological polar surface area (TPSA) is 36.4 Å². The van der Waals surface area contributed by atoms with Crippen molar-refractivity contribution in [2.24, 2.45) is 5.92 Å². The van der Waals surface area contributed by atoms with Gasteiger partial charge >= 0.3 is 0 Å². The van der Waals surface area contributed by atoms with Crippen LogP contribution in [0.3, 0.4) is 0 Å². The lowest BCUT2D eigenvalue weighted by molar-refractivity contribution is 0.277. The highest BCUT2D eigenvalue weighted by molar-refractivity contribution is 5.45. The number of rotatable bonds is 4. The van der Waals surface area contributed by atoms with Gasteiger partial charge in [-0.05, 0) is 30.9 Å². The highest BCUT2D eigenvalue weighted by atomic mass is 16.3. The van der Waals surface area contributed by atoms with Gasteiger partial charge in [-0.2, -0.15) is 0 Å². The smallest absolute Gasteiger partial charge is 0.0853 e. The van der Waals surface area contributed by atoms with Gasteiger partial charge in [-0.3, -0.25) is 4.98 Å². The van der Waals surface area contributed by atoms with Crippen molar-refractivity contribution in [3.05, 3.63) is 24.0 Å². The van der Waals surface area contributed by atoms with E-state index < -0.39 is 0 Å². The lowest BCUT2D eigenvalue weighted by Gasteiger charge is -2.19. The second kappa shape index (κ2) is 3.96. The molecule has 0 bridgehead atoms. The first-order valence-corrected chi connectivity index (χ1v) is 5.06. The monoisotopic (exact) mass is 192 g/mol. The zero-order valence-corrected chi connectivity index (χ0v) is 8.48. The second-order valence-electron chi connectivity index (χ2n) is 3.99. The molecule has 2 rings (SSSR count). The average molecular weight is 192 g/mol. The molecule has 0 aliphatic heterocycles. The molecule has 1 heterocycles. The fraction of sp³-hybridized carbons (Fsp3) is 0.545. The molecule has 1 aliphatic carbocycles. The van der Waals surface area contributed by atoms with E-state index in [9.17, 15) is 0 Å². The van der Waals surface area contributed by atoms with E-state index in [1.807, 2.05) is 12.1 Å². The number of hydrogen-bond acceptors (Lipinski definition) is 3. The first kappa shape index (κ1) is 9.46. The number of aliphatic hydroxyl groups excluding tert-OH is 1. The first-order chi connectivity index (χ1) is 6.79. The maximum Gasteiger partial charge on any atom is 0.0853 e. The molecule has 1 saturated carbocycles. The Morgan fingerprint density at radius 2 is 2.36 bits per heavy atom. The third-order valence-electron chi connectivity index (χ3n) is 2.63. The van der Waals surface area contributed by atoms with Crippen molar-refractivity contribution in [1.29, 1.82) is 0 Å². The van der Waals surface area contributed by atoms with E-state index in [1.165, 1.54) is 12.8 Å². The quantitative estimate of drug-likeness (QED) is 0.783. The molecule has 0 saturated heterocycles. The fourth-order valence-corrected chi connectivity index (χ4v) is 1.58. The Hall–Kier alpha value is -1.09. The van der Waals surface area contributed by atoms with Gasteiger partial charge < -0.3 is 10.0 Å². The maximum atomic E-state index is 8.96. The van der Waals surface area contributed by atoms with Gasteiger partial charge in [0.05, 0.1) is 12.3 Å². The van der Waals surface area contributed by atoms with E-state index in [0.717, 1.165) is 23.8 Å². The summed E-state index contributed by atoms with van der Waals surface area (Å²) in [6.45, 7) is 1.14. The Morgan fingerprint density at radius 1 is 1.57 bits per heavy atom. The molecule has 14 heavy (non-hydrogen) atoms. The van der Waals surface area contributed by atoms with Crippen LogP contribution < -0.4 is 4.90 Å². The lowest BCUT2D eigenvalue weighted by Crippen LogP contribution is -2.20. The predicted molar refractivity (Wildman–Crippen MR) is 56.2 cm³/mol. The molecule has 0 unspecified atom stereocenters. The van der Waals surface area contributed by atoms with Gasteiger partial charge in [-0.25, -0.2) is 0 Å². The number of anilines is 1. The summed E-state index contributed by atoms with van der Waals surface area (Å²) >= 11 is 0. The van der Waals surface area contributed by atoms with E-state index in [4.69, 9.17) is 5.11 Å². The van der Waals surface area contributed by atoms with Gasteiger partial charge in [0.2, 0.25) is 0 Å². The summed E-state index contributed by atoms with van der Waals surface area (Å²) in [6.07, 6.45) is 4.48. The van der Waals surface area contributed by atoms with Crippen LogP contribution in [-0.2, 0) is 6.61 Å². The van der Waals surface area contributed by atoms with Crippen LogP contribution >= 0.6 is 0 Å². The Balaban J connectivity index is 2.05. The third kappa shape index (κ3) is 2.23. The van der Waals surface area contributed by atoms with Crippen molar-refractivity contribution in [1.82, 2.24) is 4.98 Å². The van der Waals surface area contributed by atoms with Gasteiger partial charge in [0.1, 0.15) is 0 Å². The summed E-state index contributed by atoms with van der Waals surface area (Å²) in [5.41, 5.74) is 1.89. The van der Waals surface area contributed by atoms with Crippen molar-refractivity contribution >= 4 is 5.69 Å². The number of aliphatic hydroxyl groups is 1. The molecule has 0 aromatic carbocycles. The van der Waals surface area contributed by atoms with E-state index in [-0.39, 0.29) is 6.61 Å². The van der Waals surface area contributed by atoms with Crippen molar-refractivity contribution in [2.75, 3.05) is 18.5 Å². The number of aromatic nitrogens is 1. The lowest BCUT2D eigenvalue weighted by atomic mass is 10.3. The molecular formula is C11H16N2O. The molecular weight excluding hydrogens is 176 g/mol. The van der Waals surface area contributed by atoms with Gasteiger partial charge in [0.25, 0.3) is 0 Å². The maximum absolute atomic E-state index is 8.96. The highest BCUT2D eigenvalue weighted by Crippen LogP contribution is 2.30. The van der Waals surface area contributed by atoms with E-state index in [0.29, 0.717) is 0 Å². The molecule has 0 spiro atoms. The summed E-state index contributed by atoms with van der Waals surface area (Å²) in [6, 6.07) is 3.93. The van der Waals surface area contributed by atoms with Crippen LogP contribution in [-0.4, -0.2) is 23.7 Å². The Bertz CT molecular complexity index is 310. The summed E-state index contributed by atoms with van der Waals surface area (Å²) in [5, 5.41) is 8.96. The summed E-state index contributed by atoms with van der Waals surface area (Å²) < 4.78 is 0. The van der Waals surface area contributed by atoms with E-state index >= 15 is 0 Å². The molecule has 0 amide bonds. The predicted octanol–water partition coefficient (Wildman–Crippen LogP) is 1.42. The van der Waals surface area contributed by atoms with Gasteiger partial charge in [0, 0.05) is 25.5 Å². The molecule has 1 fully saturated rings. The molecule has 1 aromatic heterocycles. The van der Waals surface area contributed by atoms with Gasteiger partial charge in [0.15, 0.2) is 0 Å².